The van der Waals surface area contributed by atoms with Gasteiger partial charge in [0.15, 0.2) is 0 Å². The molecule has 1 aliphatic heterocycles. The van der Waals surface area contributed by atoms with Gasteiger partial charge in [-0.1, -0.05) is 31.2 Å². The fraction of sp³-hybridized carbons (Fsp3) is 0.562. The minimum Gasteiger partial charge on any atom is -0.481 e. The second kappa shape index (κ2) is 6.20. The summed E-state index contributed by atoms with van der Waals surface area (Å²) in [5.41, 5.74) is 2.10. The predicted molar refractivity (Wildman–Crippen MR) is 76.1 cm³/mol. The summed E-state index contributed by atoms with van der Waals surface area (Å²) in [5.74, 6) is -0.0344. The van der Waals surface area contributed by atoms with Crippen LogP contribution in [-0.4, -0.2) is 28.6 Å². The average molecular weight is 261 g/mol. The van der Waals surface area contributed by atoms with Crippen LogP contribution < -0.4 is 0 Å². The van der Waals surface area contributed by atoms with Gasteiger partial charge < -0.3 is 5.11 Å². The van der Waals surface area contributed by atoms with Crippen LogP contribution in [0.1, 0.15) is 37.8 Å². The van der Waals surface area contributed by atoms with Gasteiger partial charge in [-0.25, -0.2) is 0 Å². The van der Waals surface area contributed by atoms with Gasteiger partial charge >= 0.3 is 5.97 Å². The quantitative estimate of drug-likeness (QED) is 0.906. The van der Waals surface area contributed by atoms with Crippen molar-refractivity contribution in [3.05, 3.63) is 35.4 Å². The molecular formula is C16H23NO2. The van der Waals surface area contributed by atoms with Gasteiger partial charge in [-0.05, 0) is 43.4 Å². The Bertz CT molecular complexity index is 444. The van der Waals surface area contributed by atoms with E-state index in [2.05, 4.69) is 24.8 Å². The van der Waals surface area contributed by atoms with Gasteiger partial charge in [-0.15, -0.1) is 0 Å². The van der Waals surface area contributed by atoms with E-state index in [1.54, 1.807) is 0 Å². The van der Waals surface area contributed by atoms with Crippen molar-refractivity contribution in [2.24, 2.45) is 5.92 Å². The highest BCUT2D eigenvalue weighted by atomic mass is 16.4. The Morgan fingerprint density at radius 3 is 2.68 bits per heavy atom. The number of carbonyl (C=O) groups is 1. The minimum absolute atomic E-state index is 0.119. The van der Waals surface area contributed by atoms with Crippen LogP contribution in [0.3, 0.4) is 0 Å². The molecule has 1 fully saturated rings. The lowest BCUT2D eigenvalue weighted by Crippen LogP contribution is -2.41. The molecule has 0 saturated carbocycles. The van der Waals surface area contributed by atoms with E-state index in [-0.39, 0.29) is 6.42 Å². The number of nitrogens with zero attached hydrogens (tertiary/aromatic N) is 1. The highest BCUT2D eigenvalue weighted by molar-refractivity contribution is 5.70. The van der Waals surface area contributed by atoms with E-state index < -0.39 is 5.97 Å². The molecule has 0 bridgehead atoms. The molecule has 104 valence electrons. The summed E-state index contributed by atoms with van der Waals surface area (Å²) in [5, 5.41) is 8.98. The van der Waals surface area contributed by atoms with Crippen LogP contribution in [0, 0.1) is 5.92 Å². The Kier molecular flexibility index (Phi) is 4.59. The third-order valence-electron chi connectivity index (χ3n) is 4.34. The lowest BCUT2D eigenvalue weighted by molar-refractivity contribution is -0.136. The molecule has 1 saturated heterocycles. The van der Waals surface area contributed by atoms with Gasteiger partial charge in [0.2, 0.25) is 0 Å². The Morgan fingerprint density at radius 1 is 1.32 bits per heavy atom. The van der Waals surface area contributed by atoms with Crippen molar-refractivity contribution >= 4 is 5.97 Å². The first-order valence-corrected chi connectivity index (χ1v) is 7.10. The Labute approximate surface area is 115 Å². The first-order valence-electron chi connectivity index (χ1n) is 7.10. The number of aliphatic carboxylic acids is 1. The smallest absolute Gasteiger partial charge is 0.307 e. The highest BCUT2D eigenvalue weighted by Crippen LogP contribution is 2.25. The first kappa shape index (κ1) is 14.1. The fourth-order valence-electron chi connectivity index (χ4n) is 2.91. The third kappa shape index (κ3) is 3.57. The van der Waals surface area contributed by atoms with Crippen LogP contribution >= 0.6 is 0 Å². The van der Waals surface area contributed by atoms with Crippen LogP contribution in [0.15, 0.2) is 24.3 Å². The van der Waals surface area contributed by atoms with E-state index in [1.807, 2.05) is 18.2 Å². The van der Waals surface area contributed by atoms with Crippen molar-refractivity contribution in [2.75, 3.05) is 6.54 Å². The zero-order valence-corrected chi connectivity index (χ0v) is 11.8. The molecule has 0 aliphatic carbocycles. The molecule has 1 aliphatic rings. The zero-order valence-electron chi connectivity index (χ0n) is 11.8. The first-order chi connectivity index (χ1) is 9.08. The van der Waals surface area contributed by atoms with E-state index in [4.69, 9.17) is 5.11 Å². The van der Waals surface area contributed by atoms with Gasteiger partial charge in [0.25, 0.3) is 0 Å². The molecule has 19 heavy (non-hydrogen) atoms. The van der Waals surface area contributed by atoms with E-state index in [0.717, 1.165) is 30.1 Å². The van der Waals surface area contributed by atoms with E-state index in [1.165, 1.54) is 12.8 Å². The zero-order chi connectivity index (χ0) is 13.8. The Hall–Kier alpha value is -1.35. The summed E-state index contributed by atoms with van der Waals surface area (Å²) in [6.07, 6.45) is 2.66. The molecule has 2 atom stereocenters. The fourth-order valence-corrected chi connectivity index (χ4v) is 2.91. The van der Waals surface area contributed by atoms with Crippen LogP contribution in [0.25, 0.3) is 0 Å². The number of benzene rings is 1. The largest absolute Gasteiger partial charge is 0.481 e. The molecule has 0 radical (unpaired) electrons. The van der Waals surface area contributed by atoms with Crippen molar-refractivity contribution in [3.8, 4) is 0 Å². The molecule has 2 rings (SSSR count). The number of hydrogen-bond acceptors (Lipinski definition) is 2. The number of hydrogen-bond donors (Lipinski definition) is 1. The number of rotatable bonds is 4. The maximum Gasteiger partial charge on any atom is 0.307 e. The van der Waals surface area contributed by atoms with Gasteiger partial charge in [-0.2, -0.15) is 0 Å². The third-order valence-corrected chi connectivity index (χ3v) is 4.34. The number of carboxylic acid groups (broad SMARTS) is 1. The summed E-state index contributed by atoms with van der Waals surface area (Å²) in [6, 6.07) is 8.49. The van der Waals surface area contributed by atoms with Crippen molar-refractivity contribution < 1.29 is 9.90 Å². The van der Waals surface area contributed by atoms with Crippen molar-refractivity contribution in [1.29, 1.82) is 0 Å². The monoisotopic (exact) mass is 261 g/mol. The lowest BCUT2D eigenvalue weighted by atomic mass is 9.91. The lowest BCUT2D eigenvalue weighted by Gasteiger charge is -2.38. The summed E-state index contributed by atoms with van der Waals surface area (Å²) in [6.45, 7) is 6.57. The average Bonchev–Trinajstić information content (AvgIpc) is 2.36. The normalized spacial score (nSPS) is 24.3. The molecule has 1 aromatic carbocycles. The summed E-state index contributed by atoms with van der Waals surface area (Å²) in [7, 11) is 0. The second-order valence-electron chi connectivity index (χ2n) is 5.67. The maximum atomic E-state index is 10.9. The van der Waals surface area contributed by atoms with Crippen molar-refractivity contribution in [2.45, 2.75) is 45.7 Å². The van der Waals surface area contributed by atoms with Crippen molar-refractivity contribution in [3.63, 3.8) is 0 Å². The highest BCUT2D eigenvalue weighted by Gasteiger charge is 2.25. The van der Waals surface area contributed by atoms with Gasteiger partial charge in [0.1, 0.15) is 0 Å². The SMILES string of the molecule is CC1CCCN(Cc2ccccc2CC(=O)O)C1C. The van der Waals surface area contributed by atoms with Gasteiger partial charge in [-0.3, -0.25) is 9.69 Å². The van der Waals surface area contributed by atoms with E-state index >= 15 is 0 Å². The number of likely N-dealkylation sites (tertiary alicyclic amines) is 1. The summed E-state index contributed by atoms with van der Waals surface area (Å²) in [4.78, 5) is 13.4. The molecule has 1 aromatic rings. The maximum absolute atomic E-state index is 10.9. The molecule has 3 nitrogen and oxygen atoms in total. The predicted octanol–water partition coefficient (Wildman–Crippen LogP) is 2.93. The molecule has 1 heterocycles. The van der Waals surface area contributed by atoms with E-state index in [9.17, 15) is 4.79 Å². The molecule has 1 N–H and O–H groups in total. The van der Waals surface area contributed by atoms with Gasteiger partial charge in [0, 0.05) is 12.6 Å². The molecule has 2 unspecified atom stereocenters. The summed E-state index contributed by atoms with van der Waals surface area (Å²) < 4.78 is 0. The van der Waals surface area contributed by atoms with Crippen molar-refractivity contribution in [1.82, 2.24) is 4.90 Å². The number of piperidine rings is 1. The van der Waals surface area contributed by atoms with Crippen LogP contribution in [0.2, 0.25) is 0 Å². The molecule has 0 aromatic heterocycles. The second-order valence-corrected chi connectivity index (χ2v) is 5.67. The molecule has 0 spiro atoms. The topological polar surface area (TPSA) is 40.5 Å². The Morgan fingerprint density at radius 2 is 2.00 bits per heavy atom. The molecular weight excluding hydrogens is 238 g/mol. The standard InChI is InChI=1S/C16H23NO2/c1-12-6-5-9-17(13(12)2)11-15-8-4-3-7-14(15)10-16(18)19/h3-4,7-8,12-13H,5-6,9-11H2,1-2H3,(H,18,19). The number of carboxylic acids is 1. The minimum atomic E-state index is -0.757. The van der Waals surface area contributed by atoms with Crippen LogP contribution in [0.5, 0.6) is 0 Å². The van der Waals surface area contributed by atoms with Crippen LogP contribution in [0.4, 0.5) is 0 Å². The Balaban J connectivity index is 2.11. The molecule has 3 heteroatoms. The molecule has 0 amide bonds. The van der Waals surface area contributed by atoms with Gasteiger partial charge in [0.05, 0.1) is 6.42 Å². The van der Waals surface area contributed by atoms with Crippen LogP contribution in [-0.2, 0) is 17.8 Å². The van der Waals surface area contributed by atoms with E-state index in [0.29, 0.717) is 6.04 Å². The summed E-state index contributed by atoms with van der Waals surface area (Å²) >= 11 is 0.